The zero-order valence-electron chi connectivity index (χ0n) is 39.8. The molecule has 13 heteroatoms. The third-order valence-corrected chi connectivity index (χ3v) is 13.0. The number of benzene rings is 7. The topological polar surface area (TPSA) is 79.4 Å². The Labute approximate surface area is 393 Å². The lowest BCUT2D eigenvalue weighted by molar-refractivity contribution is 0.518. The molecule has 10 rings (SSSR count). The van der Waals surface area contributed by atoms with Gasteiger partial charge in [0.05, 0.1) is 15.7 Å². The standard InChI is InChI=1S/C53H55B5N2O6/c1-30-21-31(11-14-40(30)51(2,3)4)56-61-45-24-34-35(25-46(45)62-56)37-27-48-50(66-58(64-48)33-13-16-42(53(8,9)10)44(23-33)60-20-18-55)29-39(37)38-28-49-47(26-36(34)38)63-57(65-49)32-12-15-41(52(5,6)7)43(22-32)59-19-17-54/h11-16,21-29,59-60H,17-20H2,1-10H3. The van der Waals surface area contributed by atoms with Gasteiger partial charge in [-0.25, -0.2) is 0 Å². The molecule has 0 aliphatic carbocycles. The van der Waals surface area contributed by atoms with Crippen LogP contribution < -0.4 is 54.9 Å². The maximum absolute atomic E-state index is 6.67. The second-order valence-corrected chi connectivity index (χ2v) is 21.1. The van der Waals surface area contributed by atoms with Crippen LogP contribution >= 0.6 is 0 Å². The average molecular weight is 870 g/mol. The Morgan fingerprint density at radius 3 is 0.924 bits per heavy atom. The van der Waals surface area contributed by atoms with Crippen molar-refractivity contribution in [2.75, 3.05) is 23.7 Å². The van der Waals surface area contributed by atoms with Crippen LogP contribution in [0.3, 0.4) is 0 Å². The number of rotatable bonds is 9. The summed E-state index contributed by atoms with van der Waals surface area (Å²) in [6.45, 7) is 23.4. The first-order valence-corrected chi connectivity index (χ1v) is 23.2. The van der Waals surface area contributed by atoms with Crippen molar-refractivity contribution in [1.82, 2.24) is 0 Å². The Balaban J connectivity index is 1.08. The first-order chi connectivity index (χ1) is 31.4. The quantitative estimate of drug-likeness (QED) is 0.110. The van der Waals surface area contributed by atoms with E-state index in [9.17, 15) is 0 Å². The molecule has 0 spiro atoms. The molecule has 0 atom stereocenters. The fourth-order valence-corrected chi connectivity index (χ4v) is 9.85. The van der Waals surface area contributed by atoms with E-state index < -0.39 is 21.4 Å². The van der Waals surface area contributed by atoms with Crippen molar-refractivity contribution in [3.05, 3.63) is 113 Å². The smallest absolute Gasteiger partial charge is 0.519 e. The molecule has 0 saturated heterocycles. The van der Waals surface area contributed by atoms with Gasteiger partial charge in [-0.3, -0.25) is 0 Å². The molecule has 0 fully saturated rings. The van der Waals surface area contributed by atoms with Crippen molar-refractivity contribution in [2.45, 2.75) is 98.1 Å². The summed E-state index contributed by atoms with van der Waals surface area (Å²) in [6.07, 6.45) is 1.04. The van der Waals surface area contributed by atoms with E-state index in [4.69, 9.17) is 43.6 Å². The lowest BCUT2D eigenvalue weighted by Gasteiger charge is -2.24. The predicted molar refractivity (Wildman–Crippen MR) is 277 cm³/mol. The molecule has 328 valence electrons. The zero-order chi connectivity index (χ0) is 46.4. The highest BCUT2D eigenvalue weighted by Gasteiger charge is 2.40. The van der Waals surface area contributed by atoms with Crippen molar-refractivity contribution in [2.24, 2.45) is 0 Å². The molecule has 0 unspecified atom stereocenters. The Hall–Kier alpha value is -5.96. The third kappa shape index (κ3) is 7.86. The highest BCUT2D eigenvalue weighted by molar-refractivity contribution is 6.65. The summed E-state index contributed by atoms with van der Waals surface area (Å²) < 4.78 is 40.0. The van der Waals surface area contributed by atoms with E-state index in [1.165, 1.54) is 22.3 Å². The molecule has 4 radical (unpaired) electrons. The van der Waals surface area contributed by atoms with E-state index >= 15 is 0 Å². The summed E-state index contributed by atoms with van der Waals surface area (Å²) in [5.41, 5.74) is 9.59. The molecule has 3 aliphatic heterocycles. The molecule has 3 aliphatic rings. The minimum Gasteiger partial charge on any atom is -0.519 e. The predicted octanol–water partition coefficient (Wildman–Crippen LogP) is 9.84. The van der Waals surface area contributed by atoms with E-state index in [2.05, 4.69) is 171 Å². The average Bonchev–Trinajstić information content (AvgIpc) is 4.01. The molecule has 8 nitrogen and oxygen atoms in total. The molecule has 7 aromatic rings. The lowest BCUT2D eigenvalue weighted by atomic mass is 9.75. The molecule has 7 aromatic carbocycles. The summed E-state index contributed by atoms with van der Waals surface area (Å²) in [6, 6.07) is 31.8. The van der Waals surface area contributed by atoms with Crippen LogP contribution in [-0.2, 0) is 16.2 Å². The molecule has 0 aromatic heterocycles. The van der Waals surface area contributed by atoms with Crippen LogP contribution in [0.4, 0.5) is 11.4 Å². The highest BCUT2D eigenvalue weighted by Crippen LogP contribution is 2.50. The number of nitrogens with one attached hydrogen (secondary N) is 2. The summed E-state index contributed by atoms with van der Waals surface area (Å²) in [4.78, 5) is 0. The van der Waals surface area contributed by atoms with E-state index in [1.54, 1.807) is 0 Å². The molecular formula is C53H55B5N2O6. The highest BCUT2D eigenvalue weighted by atomic mass is 16.6. The number of hydrogen-bond acceptors (Lipinski definition) is 8. The maximum Gasteiger partial charge on any atom is 0.632 e. The second-order valence-electron chi connectivity index (χ2n) is 21.1. The molecule has 0 bridgehead atoms. The van der Waals surface area contributed by atoms with Gasteiger partial charge in [0.1, 0.15) is 34.5 Å². The second kappa shape index (κ2) is 16.1. The Bertz CT molecular complexity index is 2910. The molecular weight excluding hydrogens is 815 g/mol. The van der Waals surface area contributed by atoms with Crippen LogP contribution in [0.15, 0.2) is 91.0 Å². The lowest BCUT2D eigenvalue weighted by Crippen LogP contribution is -2.39. The van der Waals surface area contributed by atoms with Gasteiger partial charge in [0.15, 0.2) is 0 Å². The first kappa shape index (κ1) is 43.9. The van der Waals surface area contributed by atoms with Gasteiger partial charge in [0.2, 0.25) is 0 Å². The minimum absolute atomic E-state index is 0.0235. The summed E-state index contributed by atoms with van der Waals surface area (Å²) >= 11 is 0. The fourth-order valence-electron chi connectivity index (χ4n) is 9.85. The van der Waals surface area contributed by atoms with Gasteiger partial charge in [-0.15, -0.1) is 0 Å². The van der Waals surface area contributed by atoms with Crippen molar-refractivity contribution < 1.29 is 27.9 Å². The van der Waals surface area contributed by atoms with E-state index in [1.807, 2.05) is 0 Å². The Morgan fingerprint density at radius 1 is 0.394 bits per heavy atom. The first-order valence-electron chi connectivity index (χ1n) is 23.2. The largest absolute Gasteiger partial charge is 0.632 e. The van der Waals surface area contributed by atoms with Crippen molar-refractivity contribution in [3.63, 3.8) is 0 Å². The van der Waals surface area contributed by atoms with Crippen LogP contribution in [0.25, 0.3) is 32.3 Å². The SMILES string of the molecule is [B]CCNc1cc(B2Oc3cc4c5cc6c(cc5c5cc7c(cc5c4cc3O2)OB(c2ccc(C(C)(C)C)c(NCC[B])c2)O7)OB(c2ccc(C(C)(C)C)c(C)c2)O6)ccc1C(C)(C)C. The van der Waals surface area contributed by atoms with Crippen LogP contribution in [0.5, 0.6) is 34.5 Å². The van der Waals surface area contributed by atoms with Crippen LogP contribution in [-0.4, -0.2) is 50.1 Å². The summed E-state index contributed by atoms with van der Waals surface area (Å²) in [7, 11) is 9.96. The van der Waals surface area contributed by atoms with Crippen LogP contribution in [0, 0.1) is 6.92 Å². The Kier molecular flexibility index (Phi) is 10.7. The molecule has 0 saturated carbocycles. The van der Waals surface area contributed by atoms with Crippen LogP contribution in [0.1, 0.15) is 84.6 Å². The van der Waals surface area contributed by atoms with E-state index in [-0.39, 0.29) is 16.2 Å². The number of hydrogen-bond donors (Lipinski definition) is 2. The van der Waals surface area contributed by atoms with Gasteiger partial charge in [-0.05, 0) is 126 Å². The fraction of sp³-hybridized carbons (Fsp3) is 0.321. The number of aryl methyl sites for hydroxylation is 1. The zero-order valence-corrected chi connectivity index (χ0v) is 39.8. The summed E-state index contributed by atoms with van der Waals surface area (Å²) in [5, 5.41) is 13.0. The summed E-state index contributed by atoms with van der Waals surface area (Å²) in [5.74, 6) is 3.99. The monoisotopic (exact) mass is 870 g/mol. The number of anilines is 2. The molecule has 2 N–H and O–H groups in total. The normalized spacial score (nSPS) is 14.3. The van der Waals surface area contributed by atoms with E-state index in [0.717, 1.165) is 60.1 Å². The van der Waals surface area contributed by atoms with Crippen LogP contribution in [0.2, 0.25) is 12.6 Å². The molecule has 3 heterocycles. The van der Waals surface area contributed by atoms with Crippen molar-refractivity contribution in [3.8, 4) is 34.5 Å². The van der Waals surface area contributed by atoms with Gasteiger partial charge in [-0.1, -0.05) is 117 Å². The van der Waals surface area contributed by atoms with Crippen molar-refractivity contribution in [1.29, 1.82) is 0 Å². The third-order valence-electron chi connectivity index (χ3n) is 13.0. The maximum atomic E-state index is 6.67. The van der Waals surface area contributed by atoms with Gasteiger partial charge in [0, 0.05) is 40.9 Å². The van der Waals surface area contributed by atoms with Gasteiger partial charge >= 0.3 is 21.4 Å². The number of fused-ring (bicyclic) bond motifs is 9. The van der Waals surface area contributed by atoms with E-state index in [0.29, 0.717) is 60.2 Å². The van der Waals surface area contributed by atoms with Crippen molar-refractivity contribution >= 4 is 97.1 Å². The molecule has 0 amide bonds. The van der Waals surface area contributed by atoms with Gasteiger partial charge in [-0.2, -0.15) is 0 Å². The Morgan fingerprint density at radius 2 is 0.667 bits per heavy atom. The minimum atomic E-state index is -0.646. The molecule has 66 heavy (non-hydrogen) atoms. The van der Waals surface area contributed by atoms with Gasteiger partial charge in [0.25, 0.3) is 0 Å². The van der Waals surface area contributed by atoms with Gasteiger partial charge < -0.3 is 38.6 Å².